The van der Waals surface area contributed by atoms with E-state index >= 15 is 0 Å². The van der Waals surface area contributed by atoms with Gasteiger partial charge < -0.3 is 9.64 Å². The van der Waals surface area contributed by atoms with Crippen molar-refractivity contribution in [2.45, 2.75) is 50.8 Å². The van der Waals surface area contributed by atoms with Crippen molar-refractivity contribution in [2.24, 2.45) is 7.05 Å². The molecule has 1 spiro atoms. The molecule has 124 valence electrons. The number of nitrogens with zero attached hydrogens (tertiary/aromatic N) is 4. The van der Waals surface area contributed by atoms with Crippen LogP contribution in [0.1, 0.15) is 36.9 Å². The molecule has 0 radical (unpaired) electrons. The molecule has 1 atom stereocenters. The zero-order valence-electron chi connectivity index (χ0n) is 14.5. The summed E-state index contributed by atoms with van der Waals surface area (Å²) in [6.07, 6.45) is 7.06. The highest BCUT2D eigenvalue weighted by atomic mass is 16.5. The fourth-order valence-corrected chi connectivity index (χ4v) is 4.01. The maximum Gasteiger partial charge on any atom is 0.0809 e. The molecule has 1 aliphatic carbocycles. The van der Waals surface area contributed by atoms with Crippen LogP contribution in [0.2, 0.25) is 0 Å². The molecule has 2 aliphatic rings. The maximum atomic E-state index is 6.36. The lowest BCUT2D eigenvalue weighted by atomic mass is 9.97. The molecule has 1 saturated heterocycles. The van der Waals surface area contributed by atoms with Gasteiger partial charge in [-0.05, 0) is 39.4 Å². The number of aromatic nitrogens is 2. The van der Waals surface area contributed by atoms with Crippen molar-refractivity contribution in [3.8, 4) is 0 Å². The fraction of sp³-hybridized carbons (Fsp3) is 0.824. The van der Waals surface area contributed by atoms with Crippen molar-refractivity contribution in [1.29, 1.82) is 0 Å². The molecule has 3 rings (SSSR count). The Bertz CT molecular complexity index is 485. The molecule has 1 aromatic rings. The first-order valence-electron chi connectivity index (χ1n) is 8.49. The average molecular weight is 306 g/mol. The van der Waals surface area contributed by atoms with Crippen LogP contribution in [0.25, 0.3) is 0 Å². The summed E-state index contributed by atoms with van der Waals surface area (Å²) in [5.41, 5.74) is 2.74. The number of likely N-dealkylation sites (N-methyl/N-ethyl adjacent to an activating group) is 1. The molecular formula is C17H30N4O. The molecule has 1 aliphatic heterocycles. The standard InChI is InChI=1S/C17H30N4O/c1-14-9-18-20(4)16(14)11-21-13-17(7-5-6-8-17)22-12-15(21)10-19(2)3/h9,15H,5-8,10-13H2,1-4H3. The van der Waals surface area contributed by atoms with Crippen LogP contribution in [0.5, 0.6) is 0 Å². The number of ether oxygens (including phenoxy) is 1. The van der Waals surface area contributed by atoms with Crippen molar-refractivity contribution in [3.05, 3.63) is 17.5 Å². The average Bonchev–Trinajstić information content (AvgIpc) is 3.04. The quantitative estimate of drug-likeness (QED) is 0.849. The number of aryl methyl sites for hydroxylation is 2. The third kappa shape index (κ3) is 3.21. The summed E-state index contributed by atoms with van der Waals surface area (Å²) >= 11 is 0. The molecule has 1 aromatic heterocycles. The van der Waals surface area contributed by atoms with Gasteiger partial charge in [-0.1, -0.05) is 12.8 Å². The normalized spacial score (nSPS) is 25.4. The van der Waals surface area contributed by atoms with E-state index in [-0.39, 0.29) is 5.60 Å². The Morgan fingerprint density at radius 2 is 2.09 bits per heavy atom. The predicted octanol–water partition coefficient (Wildman–Crippen LogP) is 1.80. The molecular weight excluding hydrogens is 276 g/mol. The van der Waals surface area contributed by atoms with Crippen LogP contribution in [0.15, 0.2) is 6.20 Å². The maximum absolute atomic E-state index is 6.36. The lowest BCUT2D eigenvalue weighted by Gasteiger charge is -2.46. The van der Waals surface area contributed by atoms with Gasteiger partial charge in [0, 0.05) is 32.7 Å². The largest absolute Gasteiger partial charge is 0.372 e. The summed E-state index contributed by atoms with van der Waals surface area (Å²) < 4.78 is 8.39. The minimum Gasteiger partial charge on any atom is -0.372 e. The number of morpholine rings is 1. The number of rotatable bonds is 4. The van der Waals surface area contributed by atoms with Crippen LogP contribution in [-0.2, 0) is 18.3 Å². The second kappa shape index (κ2) is 6.30. The molecule has 5 nitrogen and oxygen atoms in total. The van der Waals surface area contributed by atoms with Gasteiger partial charge in [0.05, 0.1) is 24.1 Å². The van der Waals surface area contributed by atoms with E-state index in [0.29, 0.717) is 6.04 Å². The van der Waals surface area contributed by atoms with E-state index in [1.165, 1.54) is 36.9 Å². The summed E-state index contributed by atoms with van der Waals surface area (Å²) in [5.74, 6) is 0. The fourth-order valence-electron chi connectivity index (χ4n) is 4.01. The Morgan fingerprint density at radius 1 is 1.36 bits per heavy atom. The Kier molecular flexibility index (Phi) is 4.57. The van der Waals surface area contributed by atoms with Crippen molar-refractivity contribution in [1.82, 2.24) is 19.6 Å². The van der Waals surface area contributed by atoms with Crippen LogP contribution in [-0.4, -0.2) is 65.0 Å². The van der Waals surface area contributed by atoms with Crippen LogP contribution >= 0.6 is 0 Å². The molecule has 0 amide bonds. The van der Waals surface area contributed by atoms with E-state index in [4.69, 9.17) is 4.74 Å². The number of hydrogen-bond donors (Lipinski definition) is 0. The first-order valence-corrected chi connectivity index (χ1v) is 8.49. The van der Waals surface area contributed by atoms with E-state index in [0.717, 1.165) is 26.2 Å². The van der Waals surface area contributed by atoms with Crippen molar-refractivity contribution in [2.75, 3.05) is 33.8 Å². The second-order valence-electron chi connectivity index (χ2n) is 7.42. The van der Waals surface area contributed by atoms with Crippen molar-refractivity contribution >= 4 is 0 Å². The Balaban J connectivity index is 1.78. The van der Waals surface area contributed by atoms with Gasteiger partial charge in [0.1, 0.15) is 0 Å². The van der Waals surface area contributed by atoms with Gasteiger partial charge >= 0.3 is 0 Å². The molecule has 1 unspecified atom stereocenters. The zero-order chi connectivity index (χ0) is 15.7. The summed E-state index contributed by atoms with van der Waals surface area (Å²) in [5, 5.41) is 4.40. The predicted molar refractivity (Wildman–Crippen MR) is 87.8 cm³/mol. The highest BCUT2D eigenvalue weighted by molar-refractivity contribution is 5.15. The number of hydrogen-bond acceptors (Lipinski definition) is 4. The highest BCUT2D eigenvalue weighted by Gasteiger charge is 2.42. The first kappa shape index (κ1) is 16.0. The second-order valence-corrected chi connectivity index (χ2v) is 7.42. The summed E-state index contributed by atoms with van der Waals surface area (Å²) in [6.45, 7) is 6.11. The molecule has 1 saturated carbocycles. The molecule has 0 aromatic carbocycles. The molecule has 22 heavy (non-hydrogen) atoms. The van der Waals surface area contributed by atoms with Gasteiger partial charge in [0.15, 0.2) is 0 Å². The van der Waals surface area contributed by atoms with Gasteiger partial charge in [-0.15, -0.1) is 0 Å². The van der Waals surface area contributed by atoms with E-state index in [1.807, 2.05) is 10.9 Å². The summed E-state index contributed by atoms with van der Waals surface area (Å²) in [6, 6.07) is 0.468. The van der Waals surface area contributed by atoms with E-state index < -0.39 is 0 Å². The minimum atomic E-state index is 0.120. The van der Waals surface area contributed by atoms with Crippen molar-refractivity contribution in [3.63, 3.8) is 0 Å². The van der Waals surface area contributed by atoms with Gasteiger partial charge in [-0.25, -0.2) is 0 Å². The van der Waals surface area contributed by atoms with Gasteiger partial charge in [0.25, 0.3) is 0 Å². The topological polar surface area (TPSA) is 33.5 Å². The smallest absolute Gasteiger partial charge is 0.0809 e. The Morgan fingerprint density at radius 3 is 2.68 bits per heavy atom. The molecule has 2 heterocycles. The highest BCUT2D eigenvalue weighted by Crippen LogP contribution is 2.37. The van der Waals surface area contributed by atoms with E-state index in [1.54, 1.807) is 0 Å². The lowest BCUT2D eigenvalue weighted by molar-refractivity contribution is -0.136. The van der Waals surface area contributed by atoms with Gasteiger partial charge in [-0.2, -0.15) is 5.10 Å². The molecule has 0 bridgehead atoms. The third-order valence-electron chi connectivity index (χ3n) is 5.30. The van der Waals surface area contributed by atoms with Crippen LogP contribution in [0.3, 0.4) is 0 Å². The molecule has 0 N–H and O–H groups in total. The van der Waals surface area contributed by atoms with E-state index in [9.17, 15) is 0 Å². The first-order chi connectivity index (χ1) is 10.5. The Hall–Kier alpha value is -0.910. The van der Waals surface area contributed by atoms with E-state index in [2.05, 4.69) is 43.0 Å². The molecule has 5 heteroatoms. The van der Waals surface area contributed by atoms with Crippen LogP contribution in [0, 0.1) is 6.92 Å². The Labute approximate surface area is 134 Å². The SMILES string of the molecule is Cc1cnn(C)c1CN1CC2(CCCC2)OCC1CN(C)C. The van der Waals surface area contributed by atoms with Gasteiger partial charge in [0.2, 0.25) is 0 Å². The van der Waals surface area contributed by atoms with Crippen molar-refractivity contribution < 1.29 is 4.74 Å². The monoisotopic (exact) mass is 306 g/mol. The zero-order valence-corrected chi connectivity index (χ0v) is 14.5. The van der Waals surface area contributed by atoms with Crippen LogP contribution in [0.4, 0.5) is 0 Å². The summed E-state index contributed by atoms with van der Waals surface area (Å²) in [4.78, 5) is 4.91. The third-order valence-corrected chi connectivity index (χ3v) is 5.30. The molecule has 2 fully saturated rings. The minimum absolute atomic E-state index is 0.120. The van der Waals surface area contributed by atoms with Crippen LogP contribution < -0.4 is 0 Å². The summed E-state index contributed by atoms with van der Waals surface area (Å²) in [7, 11) is 6.34. The lowest BCUT2D eigenvalue weighted by Crippen LogP contribution is -2.57. The van der Waals surface area contributed by atoms with Gasteiger partial charge in [-0.3, -0.25) is 9.58 Å².